The van der Waals surface area contributed by atoms with Crippen LogP contribution in [0.2, 0.25) is 5.15 Å². The first kappa shape index (κ1) is 14.7. The van der Waals surface area contributed by atoms with Crippen LogP contribution in [0.15, 0.2) is 30.5 Å². The predicted octanol–water partition coefficient (Wildman–Crippen LogP) is 2.91. The van der Waals surface area contributed by atoms with Crippen molar-refractivity contribution >= 4 is 28.9 Å². The summed E-state index contributed by atoms with van der Waals surface area (Å²) in [5, 5.41) is 22.9. The van der Waals surface area contributed by atoms with Crippen LogP contribution in [0.5, 0.6) is 5.75 Å². The van der Waals surface area contributed by atoms with Gasteiger partial charge in [0.05, 0.1) is 4.92 Å². The molecular formula is C13H10ClN3O4. The smallest absolute Gasteiger partial charge is 0.300 e. The number of nitro groups is 1. The zero-order chi connectivity index (χ0) is 15.6. The Kier molecular flexibility index (Phi) is 4.04. The molecular weight excluding hydrogens is 298 g/mol. The number of nitrogens with zero attached hydrogens (tertiary/aromatic N) is 2. The number of carbonyl (C=O) groups excluding carboxylic acids is 1. The van der Waals surface area contributed by atoms with Crippen molar-refractivity contribution in [3.63, 3.8) is 0 Å². The minimum absolute atomic E-state index is 0.00932. The van der Waals surface area contributed by atoms with E-state index < -0.39 is 16.5 Å². The molecule has 2 rings (SSSR count). The number of nitrogens with one attached hydrogen (secondary N) is 1. The largest absolute Gasteiger partial charge is 0.508 e. The topological polar surface area (TPSA) is 105 Å². The monoisotopic (exact) mass is 307 g/mol. The third-order valence-corrected chi connectivity index (χ3v) is 2.96. The van der Waals surface area contributed by atoms with Gasteiger partial charge in [0.15, 0.2) is 0 Å². The summed E-state index contributed by atoms with van der Waals surface area (Å²) in [6.07, 6.45) is 0.920. The van der Waals surface area contributed by atoms with Crippen LogP contribution in [-0.4, -0.2) is 20.9 Å². The van der Waals surface area contributed by atoms with E-state index in [1.807, 2.05) is 0 Å². The van der Waals surface area contributed by atoms with Crippen LogP contribution in [0.1, 0.15) is 15.9 Å². The summed E-state index contributed by atoms with van der Waals surface area (Å²) in [5.41, 5.74) is 0.296. The average molecular weight is 308 g/mol. The number of hydrogen-bond acceptors (Lipinski definition) is 5. The van der Waals surface area contributed by atoms with E-state index in [4.69, 9.17) is 11.6 Å². The third kappa shape index (κ3) is 3.26. The molecule has 0 saturated carbocycles. The quantitative estimate of drug-likeness (QED) is 0.515. The molecule has 0 saturated heterocycles. The van der Waals surface area contributed by atoms with E-state index >= 15 is 0 Å². The van der Waals surface area contributed by atoms with E-state index in [-0.39, 0.29) is 16.5 Å². The first-order valence-corrected chi connectivity index (χ1v) is 6.17. The van der Waals surface area contributed by atoms with E-state index in [0.29, 0.717) is 11.3 Å². The molecule has 1 aromatic carbocycles. The molecule has 0 spiro atoms. The number of halogens is 1. The first-order chi connectivity index (χ1) is 9.88. The molecule has 0 aliphatic carbocycles. The van der Waals surface area contributed by atoms with Crippen LogP contribution in [-0.2, 0) is 0 Å². The van der Waals surface area contributed by atoms with Crippen molar-refractivity contribution in [1.82, 2.24) is 4.98 Å². The van der Waals surface area contributed by atoms with E-state index in [0.717, 1.165) is 12.3 Å². The molecule has 7 nitrogen and oxygen atoms in total. The number of hydrogen-bond donors (Lipinski definition) is 2. The van der Waals surface area contributed by atoms with Crippen molar-refractivity contribution in [1.29, 1.82) is 0 Å². The second kappa shape index (κ2) is 5.76. The molecule has 2 aromatic rings. The number of anilines is 1. The highest BCUT2D eigenvalue weighted by Crippen LogP contribution is 2.24. The molecule has 8 heteroatoms. The second-order valence-electron chi connectivity index (χ2n) is 4.24. The summed E-state index contributed by atoms with van der Waals surface area (Å²) in [7, 11) is 0. The summed E-state index contributed by atoms with van der Waals surface area (Å²) in [4.78, 5) is 25.9. The molecule has 0 aliphatic rings. The second-order valence-corrected chi connectivity index (χ2v) is 4.62. The van der Waals surface area contributed by atoms with E-state index in [2.05, 4.69) is 10.3 Å². The number of pyridine rings is 1. The van der Waals surface area contributed by atoms with Crippen LogP contribution in [0.3, 0.4) is 0 Å². The van der Waals surface area contributed by atoms with Crippen LogP contribution < -0.4 is 5.32 Å². The van der Waals surface area contributed by atoms with Gasteiger partial charge in [0.25, 0.3) is 11.6 Å². The number of rotatable bonds is 3. The summed E-state index contributed by atoms with van der Waals surface area (Å²) in [6, 6.07) is 5.64. The van der Waals surface area contributed by atoms with E-state index in [1.165, 1.54) is 6.07 Å². The van der Waals surface area contributed by atoms with Gasteiger partial charge in [-0.2, -0.15) is 0 Å². The Bertz CT molecular complexity index is 733. The zero-order valence-electron chi connectivity index (χ0n) is 10.8. The molecule has 0 bridgehead atoms. The van der Waals surface area contributed by atoms with Gasteiger partial charge < -0.3 is 10.4 Å². The number of amides is 1. The minimum atomic E-state index is -0.717. The van der Waals surface area contributed by atoms with Crippen LogP contribution in [0.25, 0.3) is 0 Å². The lowest BCUT2D eigenvalue weighted by molar-refractivity contribution is -0.385. The van der Waals surface area contributed by atoms with Gasteiger partial charge in [-0.05, 0) is 24.6 Å². The van der Waals surface area contributed by atoms with Gasteiger partial charge in [0.1, 0.15) is 22.7 Å². The third-order valence-electron chi connectivity index (χ3n) is 2.76. The van der Waals surface area contributed by atoms with Crippen molar-refractivity contribution in [2.75, 3.05) is 5.32 Å². The molecule has 0 unspecified atom stereocenters. The summed E-state index contributed by atoms with van der Waals surface area (Å²) < 4.78 is 0. The summed E-state index contributed by atoms with van der Waals surface area (Å²) >= 11 is 5.66. The minimum Gasteiger partial charge on any atom is -0.508 e. The van der Waals surface area contributed by atoms with Crippen molar-refractivity contribution in [2.24, 2.45) is 0 Å². The molecule has 1 heterocycles. The Hall–Kier alpha value is -2.67. The van der Waals surface area contributed by atoms with Crippen molar-refractivity contribution in [2.45, 2.75) is 6.92 Å². The summed E-state index contributed by atoms with van der Waals surface area (Å²) in [6.45, 7) is 1.70. The summed E-state index contributed by atoms with van der Waals surface area (Å²) in [5.74, 6) is -0.704. The number of carbonyl (C=O) groups is 1. The fourth-order valence-electron chi connectivity index (χ4n) is 1.64. The van der Waals surface area contributed by atoms with Gasteiger partial charge >= 0.3 is 0 Å². The normalized spacial score (nSPS) is 10.2. The van der Waals surface area contributed by atoms with Gasteiger partial charge in [0.2, 0.25) is 0 Å². The van der Waals surface area contributed by atoms with Crippen LogP contribution >= 0.6 is 11.6 Å². The maximum Gasteiger partial charge on any atom is 0.300 e. The van der Waals surface area contributed by atoms with Crippen molar-refractivity contribution in [3.8, 4) is 5.75 Å². The number of phenolic OH excluding ortho intramolecular Hbond substituents is 1. The lowest BCUT2D eigenvalue weighted by Gasteiger charge is -2.07. The van der Waals surface area contributed by atoms with Crippen LogP contribution in [0.4, 0.5) is 11.4 Å². The molecule has 2 N–H and O–H groups in total. The number of aromatic nitrogens is 1. The highest BCUT2D eigenvalue weighted by molar-refractivity contribution is 6.30. The Morgan fingerprint density at radius 1 is 1.43 bits per heavy atom. The molecule has 21 heavy (non-hydrogen) atoms. The highest BCUT2D eigenvalue weighted by atomic mass is 35.5. The maximum absolute atomic E-state index is 12.1. The molecule has 0 radical (unpaired) electrons. The van der Waals surface area contributed by atoms with Crippen LogP contribution in [0, 0.1) is 17.0 Å². The Morgan fingerprint density at radius 3 is 2.76 bits per heavy atom. The molecule has 0 aliphatic heterocycles. The van der Waals surface area contributed by atoms with Gasteiger partial charge in [-0.25, -0.2) is 4.98 Å². The predicted molar refractivity (Wildman–Crippen MR) is 76.7 cm³/mol. The van der Waals surface area contributed by atoms with Gasteiger partial charge in [-0.15, -0.1) is 0 Å². The Balaban J connectivity index is 2.34. The highest BCUT2D eigenvalue weighted by Gasteiger charge is 2.21. The molecule has 1 aromatic heterocycles. The number of aromatic hydroxyl groups is 1. The van der Waals surface area contributed by atoms with Gasteiger partial charge in [-0.1, -0.05) is 17.7 Å². The molecule has 1 amide bonds. The zero-order valence-corrected chi connectivity index (χ0v) is 11.6. The standard InChI is InChI=1S/C13H10ClN3O4/c1-7-2-3-8(4-11(7)18)16-13(19)9-5-12(14)15-6-10(9)17(20)21/h2-6,18H,1H3,(H,16,19). The van der Waals surface area contributed by atoms with Gasteiger partial charge in [-0.3, -0.25) is 14.9 Å². The number of aryl methyl sites for hydroxylation is 1. The lowest BCUT2D eigenvalue weighted by atomic mass is 10.2. The maximum atomic E-state index is 12.1. The fourth-order valence-corrected chi connectivity index (χ4v) is 1.79. The van der Waals surface area contributed by atoms with Gasteiger partial charge in [0, 0.05) is 11.8 Å². The van der Waals surface area contributed by atoms with Crippen molar-refractivity contribution in [3.05, 3.63) is 56.9 Å². The fraction of sp³-hybridized carbons (Fsp3) is 0.0769. The van der Waals surface area contributed by atoms with Crippen molar-refractivity contribution < 1.29 is 14.8 Å². The molecule has 108 valence electrons. The first-order valence-electron chi connectivity index (χ1n) is 5.79. The molecule has 0 atom stereocenters. The average Bonchev–Trinajstić information content (AvgIpc) is 2.42. The lowest BCUT2D eigenvalue weighted by Crippen LogP contribution is -2.14. The molecule has 0 fully saturated rings. The SMILES string of the molecule is Cc1ccc(NC(=O)c2cc(Cl)ncc2[N+](=O)[O-])cc1O. The van der Waals surface area contributed by atoms with E-state index in [9.17, 15) is 20.0 Å². The Labute approximate surface area is 124 Å². The Morgan fingerprint density at radius 2 is 2.14 bits per heavy atom. The van der Waals surface area contributed by atoms with E-state index in [1.54, 1.807) is 19.1 Å². The number of phenols is 1. The number of benzene rings is 1.